The molecular weight excluding hydrogens is 216 g/mol. The Morgan fingerprint density at radius 3 is 2.88 bits per heavy atom. The van der Waals surface area contributed by atoms with Gasteiger partial charge in [0, 0.05) is 12.3 Å². The number of rotatable bonds is 3. The fourth-order valence-electron chi connectivity index (χ4n) is 1.86. The molecule has 2 rings (SSSR count). The van der Waals surface area contributed by atoms with Gasteiger partial charge in [-0.25, -0.2) is 4.98 Å². The Labute approximate surface area is 101 Å². The Morgan fingerprint density at radius 2 is 2.25 bits per heavy atom. The summed E-state index contributed by atoms with van der Waals surface area (Å²) < 4.78 is 2.18. The topological polar surface area (TPSA) is 17.8 Å². The van der Waals surface area contributed by atoms with E-state index < -0.39 is 0 Å². The number of allylic oxidation sites excluding steroid dienone is 1. The zero-order valence-electron chi connectivity index (χ0n) is 9.70. The van der Waals surface area contributed by atoms with E-state index in [0.29, 0.717) is 5.75 Å². The van der Waals surface area contributed by atoms with Gasteiger partial charge < -0.3 is 4.57 Å². The van der Waals surface area contributed by atoms with Crippen molar-refractivity contribution in [3.63, 3.8) is 0 Å². The normalized spacial score (nSPS) is 10.9. The third kappa shape index (κ3) is 2.00. The van der Waals surface area contributed by atoms with Gasteiger partial charge in [-0.3, -0.25) is 0 Å². The van der Waals surface area contributed by atoms with Crippen LogP contribution in [-0.2, 0) is 12.3 Å². The highest BCUT2D eigenvalue weighted by atomic mass is 32.1. The van der Waals surface area contributed by atoms with Crippen LogP contribution in [0.25, 0.3) is 11.0 Å². The molecule has 0 fully saturated rings. The fraction of sp³-hybridized carbons (Fsp3) is 0.308. The molecule has 0 aliphatic rings. The van der Waals surface area contributed by atoms with E-state index in [0.717, 1.165) is 29.0 Å². The van der Waals surface area contributed by atoms with Crippen molar-refractivity contribution in [1.29, 1.82) is 0 Å². The van der Waals surface area contributed by atoms with Gasteiger partial charge in [0.05, 0.1) is 11.0 Å². The quantitative estimate of drug-likeness (QED) is 0.634. The van der Waals surface area contributed by atoms with Crippen LogP contribution in [0.2, 0.25) is 0 Å². The van der Waals surface area contributed by atoms with E-state index in [9.17, 15) is 0 Å². The maximum absolute atomic E-state index is 4.59. The second kappa shape index (κ2) is 4.34. The van der Waals surface area contributed by atoms with E-state index in [-0.39, 0.29) is 0 Å². The molecule has 1 heterocycles. The lowest BCUT2D eigenvalue weighted by Crippen LogP contribution is -2.02. The Balaban J connectivity index is 2.63. The summed E-state index contributed by atoms with van der Waals surface area (Å²) in [5, 5.41) is 0. The molecule has 3 heteroatoms. The van der Waals surface area contributed by atoms with Gasteiger partial charge in [0.25, 0.3) is 0 Å². The number of aromatic nitrogens is 2. The van der Waals surface area contributed by atoms with Crippen molar-refractivity contribution in [2.45, 2.75) is 26.1 Å². The van der Waals surface area contributed by atoms with Gasteiger partial charge in [-0.1, -0.05) is 18.2 Å². The first-order chi connectivity index (χ1) is 7.61. The van der Waals surface area contributed by atoms with E-state index in [4.69, 9.17) is 0 Å². The van der Waals surface area contributed by atoms with Gasteiger partial charge in [-0.15, -0.1) is 0 Å². The van der Waals surface area contributed by atoms with Crippen molar-refractivity contribution in [3.05, 3.63) is 41.7 Å². The molecule has 0 saturated carbocycles. The van der Waals surface area contributed by atoms with Crippen LogP contribution in [0, 0.1) is 6.92 Å². The number of imidazole rings is 1. The van der Waals surface area contributed by atoms with Gasteiger partial charge in [0.1, 0.15) is 5.82 Å². The molecule has 84 valence electrons. The number of benzene rings is 1. The molecule has 0 unspecified atom stereocenters. The van der Waals surface area contributed by atoms with Gasteiger partial charge >= 0.3 is 0 Å². The summed E-state index contributed by atoms with van der Waals surface area (Å²) in [6.45, 7) is 8.88. The molecule has 0 aliphatic carbocycles. The van der Waals surface area contributed by atoms with Crippen molar-refractivity contribution in [3.8, 4) is 0 Å². The van der Waals surface area contributed by atoms with E-state index in [2.05, 4.69) is 53.9 Å². The zero-order chi connectivity index (χ0) is 11.7. The molecule has 0 N–H and O–H groups in total. The Kier molecular flexibility index (Phi) is 3.06. The zero-order valence-corrected chi connectivity index (χ0v) is 10.6. The molecule has 1 aromatic heterocycles. The lowest BCUT2D eigenvalue weighted by atomic mass is 10.2. The van der Waals surface area contributed by atoms with Crippen molar-refractivity contribution in [2.24, 2.45) is 0 Å². The summed E-state index contributed by atoms with van der Waals surface area (Å²) in [5.41, 5.74) is 4.57. The number of aryl methyl sites for hydroxylation is 1. The molecule has 0 radical (unpaired) electrons. The monoisotopic (exact) mass is 232 g/mol. The van der Waals surface area contributed by atoms with Crippen LogP contribution < -0.4 is 0 Å². The van der Waals surface area contributed by atoms with Crippen LogP contribution in [-0.4, -0.2) is 9.55 Å². The highest BCUT2D eigenvalue weighted by Crippen LogP contribution is 2.19. The SMILES string of the molecule is C=C(C)Cn1c(CS)nc2cc(C)ccc21. The molecule has 0 atom stereocenters. The average Bonchev–Trinajstić information content (AvgIpc) is 2.55. The lowest BCUT2D eigenvalue weighted by molar-refractivity contribution is 0.770. The molecule has 0 saturated heterocycles. The average molecular weight is 232 g/mol. The van der Waals surface area contributed by atoms with E-state index in [1.54, 1.807) is 0 Å². The van der Waals surface area contributed by atoms with Crippen molar-refractivity contribution in [1.82, 2.24) is 9.55 Å². The molecule has 1 aromatic carbocycles. The van der Waals surface area contributed by atoms with E-state index >= 15 is 0 Å². The summed E-state index contributed by atoms with van der Waals surface area (Å²) in [5.74, 6) is 1.66. The van der Waals surface area contributed by atoms with Gasteiger partial charge in [-0.2, -0.15) is 12.6 Å². The molecule has 2 aromatic rings. The fourth-order valence-corrected chi connectivity index (χ4v) is 2.10. The van der Waals surface area contributed by atoms with Crippen molar-refractivity contribution < 1.29 is 0 Å². The van der Waals surface area contributed by atoms with Crippen molar-refractivity contribution >= 4 is 23.7 Å². The van der Waals surface area contributed by atoms with Crippen LogP contribution in [0.5, 0.6) is 0 Å². The van der Waals surface area contributed by atoms with Crippen LogP contribution >= 0.6 is 12.6 Å². The molecule has 0 aliphatic heterocycles. The predicted molar refractivity (Wildman–Crippen MR) is 72.0 cm³/mol. The first kappa shape index (κ1) is 11.3. The Hall–Kier alpha value is -1.22. The number of thiol groups is 1. The third-order valence-corrected chi connectivity index (χ3v) is 2.84. The first-order valence-electron chi connectivity index (χ1n) is 5.33. The largest absolute Gasteiger partial charge is 0.323 e. The van der Waals surface area contributed by atoms with Gasteiger partial charge in [0.15, 0.2) is 0 Å². The minimum absolute atomic E-state index is 0.654. The van der Waals surface area contributed by atoms with Crippen molar-refractivity contribution in [2.75, 3.05) is 0 Å². The highest BCUT2D eigenvalue weighted by Gasteiger charge is 2.09. The Bertz CT molecular complexity index is 540. The highest BCUT2D eigenvalue weighted by molar-refractivity contribution is 7.79. The lowest BCUT2D eigenvalue weighted by Gasteiger charge is -2.07. The third-order valence-electron chi connectivity index (χ3n) is 2.55. The molecule has 16 heavy (non-hydrogen) atoms. The molecule has 2 nitrogen and oxygen atoms in total. The molecule has 0 amide bonds. The van der Waals surface area contributed by atoms with Crippen LogP contribution in [0.1, 0.15) is 18.3 Å². The summed E-state index contributed by atoms with van der Waals surface area (Å²) in [6.07, 6.45) is 0. The number of nitrogens with zero attached hydrogens (tertiary/aromatic N) is 2. The first-order valence-corrected chi connectivity index (χ1v) is 5.96. The summed E-state index contributed by atoms with van der Waals surface area (Å²) >= 11 is 4.33. The smallest absolute Gasteiger partial charge is 0.119 e. The summed E-state index contributed by atoms with van der Waals surface area (Å²) in [4.78, 5) is 4.59. The standard InChI is InChI=1S/C13H16N2S/c1-9(2)7-15-12-5-4-10(3)6-11(12)14-13(15)8-16/h4-6,16H,1,7-8H2,2-3H3. The van der Waals surface area contributed by atoms with Gasteiger partial charge in [-0.05, 0) is 31.5 Å². The van der Waals surface area contributed by atoms with Crippen LogP contribution in [0.15, 0.2) is 30.4 Å². The van der Waals surface area contributed by atoms with Crippen LogP contribution in [0.3, 0.4) is 0 Å². The predicted octanol–water partition coefficient (Wildman–Crippen LogP) is 3.35. The minimum atomic E-state index is 0.654. The number of fused-ring (bicyclic) bond motifs is 1. The van der Waals surface area contributed by atoms with Gasteiger partial charge in [0.2, 0.25) is 0 Å². The van der Waals surface area contributed by atoms with E-state index in [1.807, 2.05) is 6.92 Å². The second-order valence-electron chi connectivity index (χ2n) is 4.22. The molecular formula is C13H16N2S. The maximum atomic E-state index is 4.59. The molecule has 0 bridgehead atoms. The second-order valence-corrected chi connectivity index (χ2v) is 4.54. The minimum Gasteiger partial charge on any atom is -0.323 e. The number of hydrogen-bond donors (Lipinski definition) is 1. The summed E-state index contributed by atoms with van der Waals surface area (Å²) in [6, 6.07) is 6.34. The van der Waals surface area contributed by atoms with E-state index in [1.165, 1.54) is 5.56 Å². The Morgan fingerprint density at radius 1 is 1.50 bits per heavy atom. The number of hydrogen-bond acceptors (Lipinski definition) is 2. The van der Waals surface area contributed by atoms with Crippen LogP contribution in [0.4, 0.5) is 0 Å². The summed E-state index contributed by atoms with van der Waals surface area (Å²) in [7, 11) is 0. The maximum Gasteiger partial charge on any atom is 0.119 e. The molecule has 0 spiro atoms.